The van der Waals surface area contributed by atoms with E-state index in [9.17, 15) is 19.2 Å². The molecular formula is C48H74N4O10. The molecule has 3 rings (SSSR count). The molecule has 0 saturated heterocycles. The largest absolute Gasteiger partial charge is 0.449 e. The van der Waals surface area contributed by atoms with E-state index in [0.717, 1.165) is 28.8 Å². The summed E-state index contributed by atoms with van der Waals surface area (Å²) >= 11 is 0. The molecule has 1 heterocycles. The van der Waals surface area contributed by atoms with Crippen LogP contribution in [0.15, 0.2) is 48.5 Å². The molecule has 0 bridgehead atoms. The number of hydrogen-bond acceptors (Lipinski definition) is 10. The van der Waals surface area contributed by atoms with Gasteiger partial charge in [0.2, 0.25) is 11.8 Å². The lowest BCUT2D eigenvalue weighted by Gasteiger charge is -2.28. The van der Waals surface area contributed by atoms with Crippen LogP contribution < -0.4 is 20.9 Å². The SMILES string of the molecule is COC(C)(C)CCOC(C)(C)CCOC(=O)NCCCC[C@H](NC(=O)OCCC(C)(C)OCCC(C)(C)OC)C(=O)NCCC(=O)N1Cc2ccccc2/C=C\c2ccccc21. The first-order valence-corrected chi connectivity index (χ1v) is 21.9. The Hall–Kier alpha value is -4.50. The van der Waals surface area contributed by atoms with Gasteiger partial charge in [-0.15, -0.1) is 0 Å². The van der Waals surface area contributed by atoms with Crippen LogP contribution in [0.3, 0.4) is 0 Å². The summed E-state index contributed by atoms with van der Waals surface area (Å²) in [7, 11) is 3.34. The highest BCUT2D eigenvalue weighted by atomic mass is 16.6. The average molecular weight is 867 g/mol. The van der Waals surface area contributed by atoms with Gasteiger partial charge < -0.3 is 49.3 Å². The number of rotatable bonds is 26. The van der Waals surface area contributed by atoms with Crippen molar-refractivity contribution in [3.63, 3.8) is 0 Å². The number of amides is 4. The predicted molar refractivity (Wildman–Crippen MR) is 243 cm³/mol. The monoisotopic (exact) mass is 867 g/mol. The molecule has 3 N–H and O–H groups in total. The van der Waals surface area contributed by atoms with E-state index in [0.29, 0.717) is 58.4 Å². The van der Waals surface area contributed by atoms with Gasteiger partial charge in [-0.05, 0) is 110 Å². The molecule has 1 aliphatic rings. The second kappa shape index (κ2) is 25.0. The lowest BCUT2D eigenvalue weighted by atomic mass is 10.0. The van der Waals surface area contributed by atoms with Crippen molar-refractivity contribution < 1.29 is 47.6 Å². The van der Waals surface area contributed by atoms with Crippen LogP contribution in [0.2, 0.25) is 0 Å². The van der Waals surface area contributed by atoms with E-state index in [1.165, 1.54) is 0 Å². The van der Waals surface area contributed by atoms with Crippen LogP contribution >= 0.6 is 0 Å². The van der Waals surface area contributed by atoms with Crippen LogP contribution in [-0.4, -0.2) is 106 Å². The maximum atomic E-state index is 13.8. The third-order valence-electron chi connectivity index (χ3n) is 11.2. The van der Waals surface area contributed by atoms with Crippen LogP contribution in [-0.2, 0) is 44.6 Å². The first kappa shape index (κ1) is 51.8. The summed E-state index contributed by atoms with van der Waals surface area (Å²) in [4.78, 5) is 54.6. The zero-order valence-electron chi connectivity index (χ0n) is 39.0. The molecule has 2 aromatic carbocycles. The van der Waals surface area contributed by atoms with E-state index >= 15 is 0 Å². The molecule has 0 spiro atoms. The fourth-order valence-corrected chi connectivity index (χ4v) is 6.36. The Morgan fingerprint density at radius 2 is 1.16 bits per heavy atom. The van der Waals surface area contributed by atoms with Gasteiger partial charge in [-0.1, -0.05) is 54.6 Å². The third kappa shape index (κ3) is 19.3. The van der Waals surface area contributed by atoms with Crippen LogP contribution in [0, 0.1) is 0 Å². The Bertz CT molecular complexity index is 1760. The molecule has 346 valence electrons. The molecular weight excluding hydrogens is 793 g/mol. The summed E-state index contributed by atoms with van der Waals surface area (Å²) in [5.41, 5.74) is 2.13. The van der Waals surface area contributed by atoms with Crippen molar-refractivity contribution in [1.29, 1.82) is 0 Å². The van der Waals surface area contributed by atoms with E-state index in [2.05, 4.69) is 22.0 Å². The van der Waals surface area contributed by atoms with Gasteiger partial charge in [-0.3, -0.25) is 9.59 Å². The number of hydrogen-bond donors (Lipinski definition) is 3. The van der Waals surface area contributed by atoms with Crippen LogP contribution in [0.1, 0.15) is 123 Å². The maximum absolute atomic E-state index is 13.8. The van der Waals surface area contributed by atoms with Crippen LogP contribution in [0.5, 0.6) is 0 Å². The topological polar surface area (TPSA) is 163 Å². The van der Waals surface area contributed by atoms with Gasteiger partial charge in [0, 0.05) is 46.6 Å². The standard InChI is InChI=1S/C48H74N4O10/c1-45(2,57-9)27-33-61-47(5,6)25-31-59-43(55)50-29-16-15-20-39(51-44(56)60-32-26-48(7,8)62-34-28-46(3,4)58-10)42(54)49-30-24-41(53)52-35-38-19-12-11-17-36(38)22-23-37-18-13-14-21-40(37)52/h11-14,17-19,21-23,39H,15-16,20,24-35H2,1-10H3,(H,49,54)(H,50,55)(H,51,56)/b23-22-/t39-/m0/s1. The Kier molecular flexibility index (Phi) is 20.9. The van der Waals surface area contributed by atoms with E-state index < -0.39 is 35.3 Å². The Labute approximate surface area is 370 Å². The van der Waals surface area contributed by atoms with E-state index in [1.54, 1.807) is 19.1 Å². The molecule has 0 fully saturated rings. The van der Waals surface area contributed by atoms with Crippen molar-refractivity contribution in [2.75, 3.05) is 58.6 Å². The quantitative estimate of drug-likeness (QED) is 0.0786. The number of para-hydroxylation sites is 1. The van der Waals surface area contributed by atoms with Crippen molar-refractivity contribution in [1.82, 2.24) is 16.0 Å². The number of alkyl carbamates (subject to hydrolysis) is 2. The number of fused-ring (bicyclic) bond motifs is 2. The second-order valence-electron chi connectivity index (χ2n) is 18.1. The number of nitrogens with zero attached hydrogens (tertiary/aromatic N) is 1. The van der Waals surface area contributed by atoms with Crippen molar-refractivity contribution in [2.24, 2.45) is 0 Å². The molecule has 14 heteroatoms. The highest BCUT2D eigenvalue weighted by Crippen LogP contribution is 2.29. The fraction of sp³-hybridized carbons (Fsp3) is 0.625. The first-order chi connectivity index (χ1) is 29.3. The van der Waals surface area contributed by atoms with Crippen molar-refractivity contribution in [3.05, 3.63) is 65.2 Å². The minimum Gasteiger partial charge on any atom is -0.449 e. The van der Waals surface area contributed by atoms with E-state index in [1.807, 2.05) is 110 Å². The maximum Gasteiger partial charge on any atom is 0.407 e. The first-order valence-electron chi connectivity index (χ1n) is 21.9. The molecule has 0 aromatic heterocycles. The average Bonchev–Trinajstić information content (AvgIpc) is 3.20. The summed E-state index contributed by atoms with van der Waals surface area (Å²) in [6, 6.07) is 14.7. The van der Waals surface area contributed by atoms with Gasteiger partial charge in [0.05, 0.1) is 61.1 Å². The number of ether oxygens (including phenoxy) is 6. The van der Waals surface area contributed by atoms with Crippen LogP contribution in [0.4, 0.5) is 15.3 Å². The van der Waals surface area contributed by atoms with E-state index in [4.69, 9.17) is 28.4 Å². The number of anilines is 1. The van der Waals surface area contributed by atoms with E-state index in [-0.39, 0.29) is 49.7 Å². The predicted octanol–water partition coefficient (Wildman–Crippen LogP) is 8.20. The van der Waals surface area contributed by atoms with Crippen molar-refractivity contribution >= 4 is 41.8 Å². The third-order valence-corrected chi connectivity index (χ3v) is 11.2. The normalized spacial score (nSPS) is 14.1. The molecule has 4 amide bonds. The summed E-state index contributed by atoms with van der Waals surface area (Å²) in [5, 5.41) is 8.33. The Balaban J connectivity index is 1.53. The van der Waals surface area contributed by atoms with Gasteiger partial charge in [-0.25, -0.2) is 9.59 Å². The Morgan fingerprint density at radius 1 is 0.629 bits per heavy atom. The smallest absolute Gasteiger partial charge is 0.407 e. The Morgan fingerprint density at radius 3 is 1.77 bits per heavy atom. The minimum atomic E-state index is -0.943. The molecule has 0 unspecified atom stereocenters. The fourth-order valence-electron chi connectivity index (χ4n) is 6.36. The minimum absolute atomic E-state index is 0.0428. The van der Waals surface area contributed by atoms with Crippen molar-refractivity contribution in [2.45, 2.75) is 142 Å². The van der Waals surface area contributed by atoms with Crippen LogP contribution in [0.25, 0.3) is 12.2 Å². The summed E-state index contributed by atoms with van der Waals surface area (Å²) in [6.07, 6.45) is 6.50. The summed E-state index contributed by atoms with van der Waals surface area (Å²) in [5.74, 6) is -0.592. The molecule has 1 aliphatic heterocycles. The molecule has 0 saturated carbocycles. The highest BCUT2D eigenvalue weighted by molar-refractivity contribution is 5.97. The molecule has 1 atom stereocenters. The number of nitrogens with one attached hydrogen (secondary N) is 3. The second-order valence-corrected chi connectivity index (χ2v) is 18.1. The molecule has 0 radical (unpaired) electrons. The van der Waals surface area contributed by atoms with Gasteiger partial charge in [-0.2, -0.15) is 0 Å². The zero-order chi connectivity index (χ0) is 45.8. The number of unbranched alkanes of at least 4 members (excludes halogenated alkanes) is 1. The number of methoxy groups -OCH3 is 2. The van der Waals surface area contributed by atoms with Gasteiger partial charge in [0.15, 0.2) is 0 Å². The van der Waals surface area contributed by atoms with Gasteiger partial charge >= 0.3 is 12.2 Å². The lowest BCUT2D eigenvalue weighted by molar-refractivity contribution is -0.123. The molecule has 14 nitrogen and oxygen atoms in total. The summed E-state index contributed by atoms with van der Waals surface area (Å²) < 4.78 is 33.9. The summed E-state index contributed by atoms with van der Waals surface area (Å²) in [6.45, 7) is 17.8. The van der Waals surface area contributed by atoms with Crippen molar-refractivity contribution in [3.8, 4) is 0 Å². The number of benzene rings is 2. The lowest BCUT2D eigenvalue weighted by Crippen LogP contribution is -2.48. The molecule has 2 aromatic rings. The number of carbonyl (C=O) groups excluding carboxylic acids is 4. The molecule has 0 aliphatic carbocycles. The number of carbonyl (C=O) groups is 4. The zero-order valence-corrected chi connectivity index (χ0v) is 39.0. The molecule has 62 heavy (non-hydrogen) atoms. The van der Waals surface area contributed by atoms with Gasteiger partial charge in [0.1, 0.15) is 6.04 Å². The van der Waals surface area contributed by atoms with Gasteiger partial charge in [0.25, 0.3) is 0 Å². The highest BCUT2D eigenvalue weighted by Gasteiger charge is 2.27.